The van der Waals surface area contributed by atoms with E-state index in [0.717, 1.165) is 27.7 Å². The maximum Gasteiger partial charge on any atom is 0.295 e. The lowest BCUT2D eigenvalue weighted by Gasteiger charge is -2.18. The van der Waals surface area contributed by atoms with Gasteiger partial charge in [0, 0.05) is 11.5 Å². The van der Waals surface area contributed by atoms with Gasteiger partial charge in [-0.3, -0.25) is 20.5 Å². The topological polar surface area (TPSA) is 97.3 Å². The molecule has 0 bridgehead atoms. The number of nitro benzene ring substituents is 1. The van der Waals surface area contributed by atoms with Gasteiger partial charge in [0.2, 0.25) is 0 Å². The summed E-state index contributed by atoms with van der Waals surface area (Å²) in [4.78, 5) is 15.5. The Kier molecular flexibility index (Phi) is 2.80. The van der Waals surface area contributed by atoms with Crippen LogP contribution in [-0.2, 0) is 0 Å². The zero-order chi connectivity index (χ0) is 16.0. The second kappa shape index (κ2) is 4.84. The highest BCUT2D eigenvalue weighted by atomic mass is 16.6. The van der Waals surface area contributed by atoms with E-state index in [1.54, 1.807) is 6.07 Å². The summed E-state index contributed by atoms with van der Waals surface area (Å²) < 4.78 is 0. The summed E-state index contributed by atoms with van der Waals surface area (Å²) in [6.07, 6.45) is 3.28. The first-order chi connectivity index (χ1) is 11.2. The average Bonchev–Trinajstić information content (AvgIpc) is 2.93. The zero-order valence-electron chi connectivity index (χ0n) is 12.1. The van der Waals surface area contributed by atoms with Crippen molar-refractivity contribution in [2.45, 2.75) is 0 Å². The van der Waals surface area contributed by atoms with Crippen molar-refractivity contribution >= 4 is 38.9 Å². The second-order valence-corrected chi connectivity index (χ2v) is 5.24. The smallest absolute Gasteiger partial charge is 0.295 e. The molecule has 0 saturated carbocycles. The molecule has 2 aromatic carbocycles. The SMILES string of the molecule is NC=CCN1Nc2c3ccccc3nc3c([N+](=O)[O-])ccc1c23. The molecule has 4 rings (SSSR count). The third-order valence-corrected chi connectivity index (χ3v) is 3.95. The van der Waals surface area contributed by atoms with Gasteiger partial charge < -0.3 is 5.73 Å². The first-order valence-corrected chi connectivity index (χ1v) is 7.11. The van der Waals surface area contributed by atoms with Crippen molar-refractivity contribution in [2.75, 3.05) is 17.0 Å². The van der Waals surface area contributed by atoms with Crippen LogP contribution in [0.3, 0.4) is 0 Å². The molecule has 0 unspecified atom stereocenters. The molecular formula is C16H13N5O2. The molecule has 0 amide bonds. The lowest BCUT2D eigenvalue weighted by Crippen LogP contribution is -2.26. The predicted molar refractivity (Wildman–Crippen MR) is 90.2 cm³/mol. The van der Waals surface area contributed by atoms with Crippen LogP contribution in [0.15, 0.2) is 48.7 Å². The number of hydrogen-bond donors (Lipinski definition) is 2. The first-order valence-electron chi connectivity index (χ1n) is 7.11. The molecule has 7 nitrogen and oxygen atoms in total. The molecule has 0 spiro atoms. The number of nitrogens with zero attached hydrogens (tertiary/aromatic N) is 3. The Balaban J connectivity index is 2.08. The first kappa shape index (κ1) is 13.3. The van der Waals surface area contributed by atoms with Gasteiger partial charge >= 0.3 is 0 Å². The fourth-order valence-electron chi connectivity index (χ4n) is 2.96. The highest BCUT2D eigenvalue weighted by molar-refractivity contribution is 6.17. The molecule has 1 aromatic heterocycles. The van der Waals surface area contributed by atoms with Crippen molar-refractivity contribution < 1.29 is 4.92 Å². The number of benzene rings is 2. The van der Waals surface area contributed by atoms with Crippen molar-refractivity contribution in [3.8, 4) is 0 Å². The van der Waals surface area contributed by atoms with Crippen molar-refractivity contribution in [3.05, 3.63) is 58.8 Å². The van der Waals surface area contributed by atoms with Gasteiger partial charge in [-0.2, -0.15) is 0 Å². The molecule has 1 aliphatic heterocycles. The maximum absolute atomic E-state index is 11.4. The number of non-ortho nitro benzene ring substituents is 1. The van der Waals surface area contributed by atoms with Gasteiger partial charge in [0.1, 0.15) is 0 Å². The van der Waals surface area contributed by atoms with E-state index in [0.29, 0.717) is 12.1 Å². The summed E-state index contributed by atoms with van der Waals surface area (Å²) in [5, 5.41) is 15.0. The van der Waals surface area contributed by atoms with E-state index in [9.17, 15) is 10.1 Å². The average molecular weight is 307 g/mol. The minimum Gasteiger partial charge on any atom is -0.405 e. The summed E-state index contributed by atoms with van der Waals surface area (Å²) >= 11 is 0. The normalized spacial score (nSPS) is 13.1. The number of hydrazine groups is 1. The van der Waals surface area contributed by atoms with Gasteiger partial charge in [0.25, 0.3) is 5.69 Å². The predicted octanol–water partition coefficient (Wildman–Crippen LogP) is 2.92. The Labute approximate surface area is 131 Å². The Morgan fingerprint density at radius 3 is 2.91 bits per heavy atom. The number of nitrogens with one attached hydrogen (secondary N) is 1. The van der Waals surface area contributed by atoms with Crippen molar-refractivity contribution in [1.29, 1.82) is 0 Å². The summed E-state index contributed by atoms with van der Waals surface area (Å²) in [7, 11) is 0. The molecule has 0 saturated heterocycles. The maximum atomic E-state index is 11.4. The minimum absolute atomic E-state index is 0.00812. The molecule has 3 aromatic rings. The van der Waals surface area contributed by atoms with Crippen LogP contribution in [0.4, 0.5) is 17.1 Å². The molecule has 3 N–H and O–H groups in total. The van der Waals surface area contributed by atoms with Gasteiger partial charge in [0.15, 0.2) is 5.52 Å². The molecule has 2 heterocycles. The lowest BCUT2D eigenvalue weighted by molar-refractivity contribution is -0.383. The number of nitrogens with two attached hydrogens (primary N) is 1. The van der Waals surface area contributed by atoms with Crippen LogP contribution in [0, 0.1) is 10.1 Å². The minimum atomic E-state index is -0.396. The molecule has 23 heavy (non-hydrogen) atoms. The third kappa shape index (κ3) is 1.87. The van der Waals surface area contributed by atoms with E-state index in [1.165, 1.54) is 12.3 Å². The zero-order valence-corrected chi connectivity index (χ0v) is 12.1. The number of anilines is 2. The van der Waals surface area contributed by atoms with Crippen LogP contribution < -0.4 is 16.2 Å². The van der Waals surface area contributed by atoms with Crippen LogP contribution in [0.5, 0.6) is 0 Å². The van der Waals surface area contributed by atoms with Gasteiger partial charge in [-0.15, -0.1) is 0 Å². The Morgan fingerprint density at radius 2 is 2.13 bits per heavy atom. The Bertz CT molecular complexity index is 983. The summed E-state index contributed by atoms with van der Waals surface area (Å²) in [6, 6.07) is 10.8. The quantitative estimate of drug-likeness (QED) is 0.438. The molecule has 0 radical (unpaired) electrons. The van der Waals surface area contributed by atoms with Crippen LogP contribution in [0.1, 0.15) is 0 Å². The molecule has 114 valence electrons. The van der Waals surface area contributed by atoms with Crippen LogP contribution in [0.25, 0.3) is 21.8 Å². The number of pyridine rings is 1. The van der Waals surface area contributed by atoms with Gasteiger partial charge in [-0.1, -0.05) is 18.2 Å². The molecule has 0 fully saturated rings. The summed E-state index contributed by atoms with van der Waals surface area (Å²) in [5.74, 6) is 0. The van der Waals surface area contributed by atoms with E-state index >= 15 is 0 Å². The molecule has 7 heteroatoms. The fraction of sp³-hybridized carbons (Fsp3) is 0.0625. The van der Waals surface area contributed by atoms with Crippen molar-refractivity contribution in [2.24, 2.45) is 5.73 Å². The summed E-state index contributed by atoms with van der Waals surface area (Å²) in [6.45, 7) is 0.548. The number of para-hydroxylation sites is 1. The standard InChI is InChI=1S/C16H13N5O2/c17-8-3-9-20-12-6-7-13(21(22)23)16-14(12)15(19-20)10-4-1-2-5-11(10)18-16/h1-8,19H,9,17H2. The van der Waals surface area contributed by atoms with Crippen LogP contribution >= 0.6 is 0 Å². The second-order valence-electron chi connectivity index (χ2n) is 5.24. The van der Waals surface area contributed by atoms with Crippen molar-refractivity contribution in [3.63, 3.8) is 0 Å². The third-order valence-electron chi connectivity index (χ3n) is 3.95. The lowest BCUT2D eigenvalue weighted by atomic mass is 10.1. The van der Waals surface area contributed by atoms with Crippen LogP contribution in [0.2, 0.25) is 0 Å². The number of aromatic nitrogens is 1. The number of nitro groups is 1. The number of hydrogen-bond acceptors (Lipinski definition) is 6. The highest BCUT2D eigenvalue weighted by Crippen LogP contribution is 2.45. The Hall–Kier alpha value is -3.35. The van der Waals surface area contributed by atoms with E-state index in [-0.39, 0.29) is 5.69 Å². The summed E-state index contributed by atoms with van der Waals surface area (Å²) in [5.41, 5.74) is 11.6. The fourth-order valence-corrected chi connectivity index (χ4v) is 2.96. The Morgan fingerprint density at radius 1 is 1.30 bits per heavy atom. The number of fused-ring (bicyclic) bond motifs is 2. The molecule has 0 atom stereocenters. The van der Waals surface area contributed by atoms with E-state index in [2.05, 4.69) is 10.4 Å². The highest BCUT2D eigenvalue weighted by Gasteiger charge is 2.28. The van der Waals surface area contributed by atoms with E-state index < -0.39 is 4.92 Å². The largest absolute Gasteiger partial charge is 0.405 e. The van der Waals surface area contributed by atoms with E-state index in [1.807, 2.05) is 35.4 Å². The molecular weight excluding hydrogens is 294 g/mol. The van der Waals surface area contributed by atoms with Gasteiger partial charge in [0.05, 0.1) is 33.7 Å². The molecule has 0 aliphatic carbocycles. The molecule has 1 aliphatic rings. The monoisotopic (exact) mass is 307 g/mol. The van der Waals surface area contributed by atoms with E-state index in [4.69, 9.17) is 5.73 Å². The van der Waals surface area contributed by atoms with Crippen LogP contribution in [-0.4, -0.2) is 16.5 Å². The van der Waals surface area contributed by atoms with Gasteiger partial charge in [-0.25, -0.2) is 4.98 Å². The van der Waals surface area contributed by atoms with Crippen molar-refractivity contribution in [1.82, 2.24) is 4.98 Å². The number of rotatable bonds is 3. The van der Waals surface area contributed by atoms with Gasteiger partial charge in [-0.05, 0) is 24.4 Å².